The van der Waals surface area contributed by atoms with Gasteiger partial charge in [-0.2, -0.15) is 0 Å². The Labute approximate surface area is 111 Å². The van der Waals surface area contributed by atoms with Crippen LogP contribution in [0.15, 0.2) is 36.4 Å². The van der Waals surface area contributed by atoms with E-state index in [4.69, 9.17) is 0 Å². The molecular formula is C18H24. The Hall–Kier alpha value is -1.30. The van der Waals surface area contributed by atoms with Gasteiger partial charge in [0, 0.05) is 0 Å². The fourth-order valence-electron chi connectivity index (χ4n) is 2.54. The van der Waals surface area contributed by atoms with Gasteiger partial charge in [-0.3, -0.25) is 0 Å². The van der Waals surface area contributed by atoms with Gasteiger partial charge in [-0.1, -0.05) is 64.1 Å². The summed E-state index contributed by atoms with van der Waals surface area (Å²) in [6, 6.07) is 13.8. The monoisotopic (exact) mass is 240 g/mol. The van der Waals surface area contributed by atoms with Crippen molar-refractivity contribution in [2.45, 2.75) is 40.5 Å². The molecule has 0 aliphatic rings. The third kappa shape index (κ3) is 3.35. The zero-order chi connectivity index (χ0) is 13.1. The van der Waals surface area contributed by atoms with E-state index in [2.05, 4.69) is 64.1 Å². The van der Waals surface area contributed by atoms with E-state index in [1.807, 2.05) is 0 Å². The molecule has 0 heteroatoms. The average molecular weight is 240 g/mol. The first kappa shape index (κ1) is 13.1. The van der Waals surface area contributed by atoms with Crippen LogP contribution in [0.3, 0.4) is 0 Å². The van der Waals surface area contributed by atoms with Gasteiger partial charge in [0.05, 0.1) is 0 Å². The third-order valence-electron chi connectivity index (χ3n) is 3.26. The van der Waals surface area contributed by atoms with Crippen molar-refractivity contribution >= 4 is 10.8 Å². The van der Waals surface area contributed by atoms with Gasteiger partial charge >= 0.3 is 0 Å². The zero-order valence-corrected chi connectivity index (χ0v) is 12.0. The van der Waals surface area contributed by atoms with Gasteiger partial charge in [-0.25, -0.2) is 0 Å². The zero-order valence-electron chi connectivity index (χ0n) is 12.0. The minimum Gasteiger partial charge on any atom is -0.0625 e. The normalized spacial score (nSPS) is 11.7. The molecule has 2 aromatic rings. The Kier molecular flexibility index (Phi) is 4.06. The molecule has 18 heavy (non-hydrogen) atoms. The van der Waals surface area contributed by atoms with Crippen LogP contribution in [0, 0.1) is 11.8 Å². The molecule has 0 bridgehead atoms. The van der Waals surface area contributed by atoms with Crippen molar-refractivity contribution in [1.29, 1.82) is 0 Å². The summed E-state index contributed by atoms with van der Waals surface area (Å²) in [6.45, 7) is 9.09. The van der Waals surface area contributed by atoms with Crippen LogP contribution in [-0.2, 0) is 12.8 Å². The first-order valence-corrected chi connectivity index (χ1v) is 7.06. The molecule has 0 aliphatic heterocycles. The van der Waals surface area contributed by atoms with Crippen LogP contribution in [0.1, 0.15) is 38.8 Å². The molecule has 0 amide bonds. The molecule has 0 spiro atoms. The topological polar surface area (TPSA) is 0 Å². The molecule has 0 heterocycles. The van der Waals surface area contributed by atoms with Crippen molar-refractivity contribution < 1.29 is 0 Å². The van der Waals surface area contributed by atoms with Crippen LogP contribution >= 0.6 is 0 Å². The molecular weight excluding hydrogens is 216 g/mol. The molecule has 0 aliphatic carbocycles. The fraction of sp³-hybridized carbons (Fsp3) is 0.444. The van der Waals surface area contributed by atoms with E-state index in [-0.39, 0.29) is 0 Å². The lowest BCUT2D eigenvalue weighted by molar-refractivity contribution is 0.647. The Bertz CT molecular complexity index is 471. The standard InChI is InChI=1S/C18H24/c1-13(2)9-15-5-7-18-12-16(10-14(3)4)6-8-17(18)11-15/h5-8,11-14H,9-10H2,1-4H3. The summed E-state index contributed by atoms with van der Waals surface area (Å²) in [5.41, 5.74) is 2.91. The van der Waals surface area contributed by atoms with Gasteiger partial charge in [-0.15, -0.1) is 0 Å². The summed E-state index contributed by atoms with van der Waals surface area (Å²) < 4.78 is 0. The van der Waals surface area contributed by atoms with E-state index in [0.717, 1.165) is 11.8 Å². The third-order valence-corrected chi connectivity index (χ3v) is 3.26. The minimum atomic E-state index is 0.725. The molecule has 0 aromatic heterocycles. The van der Waals surface area contributed by atoms with E-state index < -0.39 is 0 Å². The van der Waals surface area contributed by atoms with E-state index in [9.17, 15) is 0 Å². The van der Waals surface area contributed by atoms with E-state index in [0.29, 0.717) is 0 Å². The Balaban J connectivity index is 2.30. The first-order valence-electron chi connectivity index (χ1n) is 7.06. The van der Waals surface area contributed by atoms with E-state index in [1.54, 1.807) is 0 Å². The quantitative estimate of drug-likeness (QED) is 0.686. The Morgan fingerprint density at radius 3 is 1.39 bits per heavy atom. The van der Waals surface area contributed by atoms with Gasteiger partial charge in [0.25, 0.3) is 0 Å². The largest absolute Gasteiger partial charge is 0.0625 e. The second kappa shape index (κ2) is 5.56. The van der Waals surface area contributed by atoms with Crippen molar-refractivity contribution in [3.63, 3.8) is 0 Å². The van der Waals surface area contributed by atoms with Crippen molar-refractivity contribution in [1.82, 2.24) is 0 Å². The predicted octanol–water partition coefficient (Wildman–Crippen LogP) is 5.24. The summed E-state index contributed by atoms with van der Waals surface area (Å²) >= 11 is 0. The van der Waals surface area contributed by atoms with E-state index in [1.165, 1.54) is 34.7 Å². The van der Waals surface area contributed by atoms with Crippen LogP contribution in [-0.4, -0.2) is 0 Å². The second-order valence-electron chi connectivity index (χ2n) is 6.21. The molecule has 96 valence electrons. The predicted molar refractivity (Wildman–Crippen MR) is 81.0 cm³/mol. The minimum absolute atomic E-state index is 0.725. The molecule has 0 N–H and O–H groups in total. The Morgan fingerprint density at radius 2 is 1.06 bits per heavy atom. The summed E-state index contributed by atoms with van der Waals surface area (Å²) in [7, 11) is 0. The summed E-state index contributed by atoms with van der Waals surface area (Å²) in [6.07, 6.45) is 2.34. The maximum Gasteiger partial charge on any atom is -0.0181 e. The van der Waals surface area contributed by atoms with Gasteiger partial charge in [0.1, 0.15) is 0 Å². The highest BCUT2D eigenvalue weighted by atomic mass is 14.1. The molecule has 0 atom stereocenters. The summed E-state index contributed by atoms with van der Waals surface area (Å²) in [5, 5.41) is 2.75. The van der Waals surface area contributed by atoms with Crippen molar-refractivity contribution in [2.24, 2.45) is 11.8 Å². The lowest BCUT2D eigenvalue weighted by atomic mass is 9.96. The lowest BCUT2D eigenvalue weighted by Gasteiger charge is -2.09. The number of hydrogen-bond donors (Lipinski definition) is 0. The smallest absolute Gasteiger partial charge is 0.0181 e. The van der Waals surface area contributed by atoms with Gasteiger partial charge < -0.3 is 0 Å². The van der Waals surface area contributed by atoms with Crippen LogP contribution in [0.2, 0.25) is 0 Å². The molecule has 2 aromatic carbocycles. The van der Waals surface area contributed by atoms with Gasteiger partial charge in [0.2, 0.25) is 0 Å². The van der Waals surface area contributed by atoms with Crippen LogP contribution in [0.5, 0.6) is 0 Å². The molecule has 0 fully saturated rings. The Morgan fingerprint density at radius 1 is 0.667 bits per heavy atom. The van der Waals surface area contributed by atoms with Crippen LogP contribution in [0.4, 0.5) is 0 Å². The number of benzene rings is 2. The average Bonchev–Trinajstić information content (AvgIpc) is 2.27. The fourth-order valence-corrected chi connectivity index (χ4v) is 2.54. The number of rotatable bonds is 4. The molecule has 2 rings (SSSR count). The lowest BCUT2D eigenvalue weighted by Crippen LogP contribution is -1.95. The SMILES string of the molecule is CC(C)Cc1ccc2cc(CC(C)C)ccc2c1. The number of fused-ring (bicyclic) bond motifs is 1. The maximum atomic E-state index is 2.34. The maximum absolute atomic E-state index is 2.34. The molecule has 0 saturated carbocycles. The highest BCUT2D eigenvalue weighted by Crippen LogP contribution is 2.21. The highest BCUT2D eigenvalue weighted by molar-refractivity contribution is 5.83. The summed E-state index contributed by atoms with van der Waals surface area (Å²) in [5.74, 6) is 1.45. The second-order valence-corrected chi connectivity index (χ2v) is 6.21. The highest BCUT2D eigenvalue weighted by Gasteiger charge is 2.02. The molecule has 0 radical (unpaired) electrons. The molecule has 0 saturated heterocycles. The molecule has 0 unspecified atom stereocenters. The number of hydrogen-bond acceptors (Lipinski definition) is 0. The van der Waals surface area contributed by atoms with Crippen molar-refractivity contribution in [3.8, 4) is 0 Å². The van der Waals surface area contributed by atoms with Crippen LogP contribution < -0.4 is 0 Å². The van der Waals surface area contributed by atoms with Crippen molar-refractivity contribution in [3.05, 3.63) is 47.5 Å². The molecule has 0 nitrogen and oxygen atoms in total. The first-order chi connectivity index (χ1) is 8.54. The van der Waals surface area contributed by atoms with Crippen molar-refractivity contribution in [2.75, 3.05) is 0 Å². The van der Waals surface area contributed by atoms with Gasteiger partial charge in [0.15, 0.2) is 0 Å². The summed E-state index contributed by atoms with van der Waals surface area (Å²) in [4.78, 5) is 0. The van der Waals surface area contributed by atoms with Gasteiger partial charge in [-0.05, 0) is 46.6 Å². The van der Waals surface area contributed by atoms with E-state index >= 15 is 0 Å². The van der Waals surface area contributed by atoms with Crippen LogP contribution in [0.25, 0.3) is 10.8 Å².